The molecule has 0 aromatic carbocycles. The summed E-state index contributed by atoms with van der Waals surface area (Å²) in [5.41, 5.74) is -0.592. The van der Waals surface area contributed by atoms with Crippen LogP contribution in [0.1, 0.15) is 47.5 Å². The van der Waals surface area contributed by atoms with Gasteiger partial charge >= 0.3 is 12.1 Å². The van der Waals surface area contributed by atoms with Gasteiger partial charge in [0.05, 0.1) is 0 Å². The molecule has 8 heteroatoms. The quantitative estimate of drug-likeness (QED) is 0.782. The molecule has 0 bridgehead atoms. The summed E-state index contributed by atoms with van der Waals surface area (Å²) in [6, 6.07) is 0.0788. The third-order valence-electron chi connectivity index (χ3n) is 3.96. The Kier molecular flexibility index (Phi) is 7.99. The molecule has 0 aliphatic carbocycles. The first kappa shape index (κ1) is 21.1. The standard InChI is InChI=1S/C17H32N4O4/c1-6-20(7-2)16(24)21-10-8-13(9-11-21)19-14(22)12-18-15(23)25-17(3,4)5/h13H,6-12H2,1-5H3,(H,18,23)(H,19,22). The van der Waals surface area contributed by atoms with Gasteiger partial charge in [-0.25, -0.2) is 9.59 Å². The highest BCUT2D eigenvalue weighted by atomic mass is 16.6. The fourth-order valence-corrected chi connectivity index (χ4v) is 2.65. The van der Waals surface area contributed by atoms with Crippen LogP contribution in [0.5, 0.6) is 0 Å². The van der Waals surface area contributed by atoms with Crippen LogP contribution < -0.4 is 10.6 Å². The van der Waals surface area contributed by atoms with Gasteiger partial charge in [-0.2, -0.15) is 0 Å². The number of hydrogen-bond donors (Lipinski definition) is 2. The van der Waals surface area contributed by atoms with Crippen LogP contribution in [0.2, 0.25) is 0 Å². The number of carbonyl (C=O) groups is 3. The van der Waals surface area contributed by atoms with Gasteiger partial charge in [-0.05, 0) is 47.5 Å². The van der Waals surface area contributed by atoms with E-state index in [1.54, 1.807) is 25.7 Å². The van der Waals surface area contributed by atoms with E-state index < -0.39 is 11.7 Å². The molecule has 0 atom stereocenters. The molecule has 25 heavy (non-hydrogen) atoms. The largest absolute Gasteiger partial charge is 0.444 e. The SMILES string of the molecule is CCN(CC)C(=O)N1CCC(NC(=O)CNC(=O)OC(C)(C)C)CC1. The van der Waals surface area contributed by atoms with Crippen LogP contribution in [0.15, 0.2) is 0 Å². The highest BCUT2D eigenvalue weighted by Gasteiger charge is 2.26. The molecule has 1 rings (SSSR count). The van der Waals surface area contributed by atoms with Crippen LogP contribution in [-0.2, 0) is 9.53 Å². The molecule has 0 unspecified atom stereocenters. The first-order valence-electron chi connectivity index (χ1n) is 8.96. The molecule has 0 aromatic heterocycles. The van der Waals surface area contributed by atoms with Gasteiger partial charge in [0, 0.05) is 32.2 Å². The fourth-order valence-electron chi connectivity index (χ4n) is 2.65. The van der Waals surface area contributed by atoms with E-state index in [-0.39, 0.29) is 24.5 Å². The van der Waals surface area contributed by atoms with Gasteiger partial charge in [0.1, 0.15) is 12.1 Å². The summed E-state index contributed by atoms with van der Waals surface area (Å²) in [7, 11) is 0. The number of alkyl carbamates (subject to hydrolysis) is 1. The number of nitrogens with zero attached hydrogens (tertiary/aromatic N) is 2. The lowest BCUT2D eigenvalue weighted by molar-refractivity contribution is -0.121. The molecule has 0 radical (unpaired) electrons. The van der Waals surface area contributed by atoms with Crippen LogP contribution in [0.25, 0.3) is 0 Å². The third kappa shape index (κ3) is 7.62. The Morgan fingerprint density at radius 3 is 2.16 bits per heavy atom. The molecule has 1 fully saturated rings. The minimum Gasteiger partial charge on any atom is -0.444 e. The maximum atomic E-state index is 12.3. The number of likely N-dealkylation sites (tertiary alicyclic amines) is 1. The van der Waals surface area contributed by atoms with E-state index in [9.17, 15) is 14.4 Å². The predicted molar refractivity (Wildman–Crippen MR) is 95.3 cm³/mol. The van der Waals surface area contributed by atoms with Crippen LogP contribution in [0.4, 0.5) is 9.59 Å². The van der Waals surface area contributed by atoms with Crippen molar-refractivity contribution in [2.24, 2.45) is 0 Å². The number of carbonyl (C=O) groups excluding carboxylic acids is 3. The van der Waals surface area contributed by atoms with Crippen molar-refractivity contribution in [1.82, 2.24) is 20.4 Å². The lowest BCUT2D eigenvalue weighted by atomic mass is 10.1. The molecule has 1 aliphatic heterocycles. The molecular weight excluding hydrogens is 324 g/mol. The minimum absolute atomic E-state index is 0.0219. The Morgan fingerprint density at radius 1 is 1.12 bits per heavy atom. The van der Waals surface area contributed by atoms with E-state index in [1.165, 1.54) is 0 Å². The van der Waals surface area contributed by atoms with Crippen LogP contribution in [0, 0.1) is 0 Å². The summed E-state index contributed by atoms with van der Waals surface area (Å²) in [5.74, 6) is -0.251. The van der Waals surface area contributed by atoms with Crippen molar-refractivity contribution >= 4 is 18.0 Å². The lowest BCUT2D eigenvalue weighted by Gasteiger charge is -2.35. The summed E-state index contributed by atoms with van der Waals surface area (Å²) in [6.45, 7) is 11.7. The molecule has 0 saturated carbocycles. The molecule has 0 aromatic rings. The van der Waals surface area contributed by atoms with Gasteiger partial charge in [-0.1, -0.05) is 0 Å². The summed E-state index contributed by atoms with van der Waals surface area (Å²) in [4.78, 5) is 39.4. The zero-order valence-electron chi connectivity index (χ0n) is 16.1. The molecule has 1 heterocycles. The number of hydrogen-bond acceptors (Lipinski definition) is 4. The maximum absolute atomic E-state index is 12.3. The number of piperidine rings is 1. The van der Waals surface area contributed by atoms with Crippen molar-refractivity contribution in [3.05, 3.63) is 0 Å². The van der Waals surface area contributed by atoms with Crippen molar-refractivity contribution in [3.63, 3.8) is 0 Å². The van der Waals surface area contributed by atoms with Crippen molar-refractivity contribution in [2.75, 3.05) is 32.7 Å². The second-order valence-corrected chi connectivity index (χ2v) is 7.14. The van der Waals surface area contributed by atoms with E-state index in [4.69, 9.17) is 4.74 Å². The van der Waals surface area contributed by atoms with E-state index in [0.29, 0.717) is 39.0 Å². The first-order chi connectivity index (χ1) is 11.7. The van der Waals surface area contributed by atoms with E-state index in [0.717, 1.165) is 0 Å². The number of ether oxygens (including phenoxy) is 1. The molecule has 8 nitrogen and oxygen atoms in total. The van der Waals surface area contributed by atoms with Crippen molar-refractivity contribution in [3.8, 4) is 0 Å². The first-order valence-corrected chi connectivity index (χ1v) is 8.96. The molecule has 144 valence electrons. The molecule has 1 aliphatic rings. The Balaban J connectivity index is 2.30. The average Bonchev–Trinajstić information content (AvgIpc) is 2.53. The second kappa shape index (κ2) is 9.48. The van der Waals surface area contributed by atoms with Gasteiger partial charge in [0.25, 0.3) is 0 Å². The fraction of sp³-hybridized carbons (Fsp3) is 0.824. The summed E-state index contributed by atoms with van der Waals surface area (Å²) in [5, 5.41) is 5.33. The van der Waals surface area contributed by atoms with E-state index in [2.05, 4.69) is 10.6 Å². The van der Waals surface area contributed by atoms with Gasteiger partial charge in [-0.3, -0.25) is 4.79 Å². The molecule has 0 spiro atoms. The summed E-state index contributed by atoms with van der Waals surface area (Å²) < 4.78 is 5.08. The molecule has 1 saturated heterocycles. The summed E-state index contributed by atoms with van der Waals surface area (Å²) >= 11 is 0. The van der Waals surface area contributed by atoms with Crippen LogP contribution >= 0.6 is 0 Å². The molecule has 4 amide bonds. The molecule has 2 N–H and O–H groups in total. The zero-order valence-corrected chi connectivity index (χ0v) is 16.1. The highest BCUT2D eigenvalue weighted by molar-refractivity contribution is 5.82. The third-order valence-corrected chi connectivity index (χ3v) is 3.96. The highest BCUT2D eigenvalue weighted by Crippen LogP contribution is 2.12. The Bertz CT molecular complexity index is 464. The average molecular weight is 356 g/mol. The number of nitrogens with one attached hydrogen (secondary N) is 2. The van der Waals surface area contributed by atoms with E-state index in [1.807, 2.05) is 18.7 Å². The Hall–Kier alpha value is -1.99. The van der Waals surface area contributed by atoms with Gasteiger partial charge in [-0.15, -0.1) is 0 Å². The normalized spacial score (nSPS) is 15.5. The lowest BCUT2D eigenvalue weighted by Crippen LogP contribution is -2.51. The molecular formula is C17H32N4O4. The topological polar surface area (TPSA) is 91.0 Å². The van der Waals surface area contributed by atoms with Crippen LogP contribution in [0.3, 0.4) is 0 Å². The van der Waals surface area contributed by atoms with E-state index >= 15 is 0 Å². The van der Waals surface area contributed by atoms with Crippen molar-refractivity contribution in [2.45, 2.75) is 59.1 Å². The summed E-state index contributed by atoms with van der Waals surface area (Å²) in [6.07, 6.45) is 0.818. The minimum atomic E-state index is -0.609. The van der Waals surface area contributed by atoms with Gasteiger partial charge in [0.15, 0.2) is 0 Å². The van der Waals surface area contributed by atoms with Crippen molar-refractivity contribution < 1.29 is 19.1 Å². The van der Waals surface area contributed by atoms with Gasteiger partial charge < -0.3 is 25.2 Å². The number of urea groups is 1. The predicted octanol–water partition coefficient (Wildman–Crippen LogP) is 1.55. The van der Waals surface area contributed by atoms with Crippen molar-refractivity contribution in [1.29, 1.82) is 0 Å². The van der Waals surface area contributed by atoms with Gasteiger partial charge in [0.2, 0.25) is 5.91 Å². The Morgan fingerprint density at radius 2 is 1.68 bits per heavy atom. The van der Waals surface area contributed by atoms with Crippen LogP contribution in [-0.4, -0.2) is 72.2 Å². The monoisotopic (exact) mass is 356 g/mol. The zero-order chi connectivity index (χ0) is 19.0. The second-order valence-electron chi connectivity index (χ2n) is 7.14. The number of amides is 4. The number of rotatable bonds is 5. The smallest absolute Gasteiger partial charge is 0.408 e. The Labute approximate surface area is 150 Å². The maximum Gasteiger partial charge on any atom is 0.408 e.